The Morgan fingerprint density at radius 1 is 0.720 bits per heavy atom. The minimum Gasteiger partial charge on any atom is -0.264 e. The smallest absolute Gasteiger partial charge is 0.0703 e. The van der Waals surface area contributed by atoms with Gasteiger partial charge < -0.3 is 0 Å². The summed E-state index contributed by atoms with van der Waals surface area (Å²) in [4.78, 5) is 0. The van der Waals surface area contributed by atoms with Gasteiger partial charge in [0.25, 0.3) is 0 Å². The predicted octanol–water partition coefficient (Wildman–Crippen LogP) is 5.36. The number of nitrogens with zero attached hydrogens (tertiary/aromatic N) is 2. The Morgan fingerprint density at radius 3 is 2.00 bits per heavy atom. The summed E-state index contributed by atoms with van der Waals surface area (Å²) < 4.78 is 0. The molecule has 0 bridgehead atoms. The van der Waals surface area contributed by atoms with Crippen LogP contribution in [0.25, 0.3) is 6.08 Å². The van der Waals surface area contributed by atoms with Gasteiger partial charge >= 0.3 is 0 Å². The summed E-state index contributed by atoms with van der Waals surface area (Å²) in [7, 11) is 0. The summed E-state index contributed by atoms with van der Waals surface area (Å²) in [6.07, 6.45) is 4.29. The summed E-state index contributed by atoms with van der Waals surface area (Å²) >= 11 is 0. The Bertz CT molecular complexity index is 868. The van der Waals surface area contributed by atoms with Crippen molar-refractivity contribution in [2.24, 2.45) is 5.10 Å². The molecule has 1 atom stereocenters. The van der Waals surface area contributed by atoms with Crippen LogP contribution in [0.1, 0.15) is 17.0 Å². The van der Waals surface area contributed by atoms with E-state index in [9.17, 15) is 0 Å². The molecule has 25 heavy (non-hydrogen) atoms. The minimum atomic E-state index is 0.279. The fraction of sp³-hybridized carbons (Fsp3) is 0.0870. The highest BCUT2D eigenvalue weighted by Gasteiger charge is 2.27. The Balaban J connectivity index is 1.66. The van der Waals surface area contributed by atoms with Crippen LogP contribution < -0.4 is 5.01 Å². The Morgan fingerprint density at radius 2 is 1.32 bits per heavy atom. The summed E-state index contributed by atoms with van der Waals surface area (Å²) in [6, 6.07) is 31.4. The minimum absolute atomic E-state index is 0.279. The van der Waals surface area contributed by atoms with E-state index in [2.05, 4.69) is 96.0 Å². The SMILES string of the molecule is C(=C\c1ccccc1)/C1=NN(c2ccccc2)C[C@@H]1c1ccccc1. The third kappa shape index (κ3) is 3.53. The van der Waals surface area contributed by atoms with Gasteiger partial charge in [-0.1, -0.05) is 84.9 Å². The van der Waals surface area contributed by atoms with E-state index in [1.165, 1.54) is 11.1 Å². The standard InChI is InChI=1S/C23H20N2/c1-4-10-19(11-5-1)16-17-23-22(20-12-6-2-7-13-20)18-25(24-23)21-14-8-3-9-15-21/h1-17,22H,18H2/b17-16+/t22-/m1/s1. The molecular weight excluding hydrogens is 304 g/mol. The van der Waals surface area contributed by atoms with Gasteiger partial charge in [-0.05, 0) is 29.3 Å². The van der Waals surface area contributed by atoms with Gasteiger partial charge in [0.05, 0.1) is 17.9 Å². The van der Waals surface area contributed by atoms with E-state index < -0.39 is 0 Å². The van der Waals surface area contributed by atoms with E-state index in [0.29, 0.717) is 0 Å². The van der Waals surface area contributed by atoms with E-state index in [1.54, 1.807) is 0 Å². The van der Waals surface area contributed by atoms with Crippen LogP contribution >= 0.6 is 0 Å². The van der Waals surface area contributed by atoms with E-state index in [4.69, 9.17) is 5.10 Å². The molecule has 2 nitrogen and oxygen atoms in total. The van der Waals surface area contributed by atoms with Crippen molar-refractivity contribution in [2.45, 2.75) is 5.92 Å². The fourth-order valence-electron chi connectivity index (χ4n) is 3.14. The number of hydrazone groups is 1. The lowest BCUT2D eigenvalue weighted by atomic mass is 9.94. The van der Waals surface area contributed by atoms with Gasteiger partial charge in [-0.15, -0.1) is 0 Å². The largest absolute Gasteiger partial charge is 0.264 e. The maximum Gasteiger partial charge on any atom is 0.0703 e. The van der Waals surface area contributed by atoms with E-state index >= 15 is 0 Å². The molecule has 0 saturated heterocycles. The molecule has 0 amide bonds. The summed E-state index contributed by atoms with van der Waals surface area (Å²) in [6.45, 7) is 0.864. The molecular formula is C23H20N2. The van der Waals surface area contributed by atoms with Gasteiger partial charge in [0, 0.05) is 5.92 Å². The van der Waals surface area contributed by atoms with Crippen molar-refractivity contribution >= 4 is 17.5 Å². The van der Waals surface area contributed by atoms with Gasteiger partial charge in [0.1, 0.15) is 0 Å². The van der Waals surface area contributed by atoms with Crippen molar-refractivity contribution in [1.29, 1.82) is 0 Å². The van der Waals surface area contributed by atoms with Gasteiger partial charge in [0.15, 0.2) is 0 Å². The molecule has 0 radical (unpaired) electrons. The quantitative estimate of drug-likeness (QED) is 0.631. The zero-order valence-corrected chi connectivity index (χ0v) is 14.0. The topological polar surface area (TPSA) is 15.6 Å². The normalized spacial score (nSPS) is 17.0. The lowest BCUT2D eigenvalue weighted by Crippen LogP contribution is -2.17. The zero-order chi connectivity index (χ0) is 16.9. The van der Waals surface area contributed by atoms with Crippen molar-refractivity contribution < 1.29 is 0 Å². The van der Waals surface area contributed by atoms with Crippen molar-refractivity contribution in [3.63, 3.8) is 0 Å². The Hall–Kier alpha value is -3.13. The van der Waals surface area contributed by atoms with Crippen LogP contribution in [0.4, 0.5) is 5.69 Å². The molecule has 1 aliphatic rings. The highest BCUT2D eigenvalue weighted by Crippen LogP contribution is 2.29. The maximum atomic E-state index is 4.89. The fourth-order valence-corrected chi connectivity index (χ4v) is 3.14. The van der Waals surface area contributed by atoms with Gasteiger partial charge in [-0.25, -0.2) is 0 Å². The molecule has 3 aromatic rings. The van der Waals surface area contributed by atoms with Crippen LogP contribution in [0.3, 0.4) is 0 Å². The highest BCUT2D eigenvalue weighted by molar-refractivity contribution is 6.05. The number of benzene rings is 3. The molecule has 0 aliphatic carbocycles. The Kier molecular flexibility index (Phi) is 4.42. The third-order valence-corrected chi connectivity index (χ3v) is 4.45. The monoisotopic (exact) mass is 324 g/mol. The molecule has 1 heterocycles. The first-order chi connectivity index (χ1) is 12.4. The number of anilines is 1. The second kappa shape index (κ2) is 7.18. The first-order valence-corrected chi connectivity index (χ1v) is 8.59. The molecule has 4 rings (SSSR count). The Labute approximate surface area is 148 Å². The van der Waals surface area contributed by atoms with E-state index in [0.717, 1.165) is 17.9 Å². The van der Waals surface area contributed by atoms with Crippen LogP contribution in [0.15, 0.2) is 102 Å². The van der Waals surface area contributed by atoms with Crippen molar-refractivity contribution in [3.8, 4) is 0 Å². The van der Waals surface area contributed by atoms with Crippen LogP contribution in [0, 0.1) is 0 Å². The molecule has 122 valence electrons. The second-order valence-corrected chi connectivity index (χ2v) is 6.15. The van der Waals surface area contributed by atoms with Crippen molar-refractivity contribution in [1.82, 2.24) is 0 Å². The second-order valence-electron chi connectivity index (χ2n) is 6.15. The summed E-state index contributed by atoms with van der Waals surface area (Å²) in [5.74, 6) is 0.279. The van der Waals surface area contributed by atoms with Crippen LogP contribution in [-0.4, -0.2) is 12.3 Å². The van der Waals surface area contributed by atoms with Crippen LogP contribution in [0.2, 0.25) is 0 Å². The molecule has 0 spiro atoms. The van der Waals surface area contributed by atoms with Gasteiger partial charge in [-0.2, -0.15) is 5.10 Å². The molecule has 0 fully saturated rings. The van der Waals surface area contributed by atoms with Crippen molar-refractivity contribution in [2.75, 3.05) is 11.6 Å². The molecule has 0 unspecified atom stereocenters. The highest BCUT2D eigenvalue weighted by atomic mass is 15.5. The molecule has 1 aliphatic heterocycles. The van der Waals surface area contributed by atoms with Gasteiger partial charge in [0.2, 0.25) is 0 Å². The number of para-hydroxylation sites is 1. The van der Waals surface area contributed by atoms with E-state index in [1.807, 2.05) is 12.1 Å². The van der Waals surface area contributed by atoms with Gasteiger partial charge in [-0.3, -0.25) is 5.01 Å². The maximum absolute atomic E-state index is 4.89. The summed E-state index contributed by atoms with van der Waals surface area (Å²) in [5.41, 5.74) is 4.72. The molecule has 0 saturated carbocycles. The third-order valence-electron chi connectivity index (χ3n) is 4.45. The molecule has 0 N–H and O–H groups in total. The lowest BCUT2D eigenvalue weighted by molar-refractivity contribution is 0.851. The predicted molar refractivity (Wildman–Crippen MR) is 106 cm³/mol. The molecule has 3 aromatic carbocycles. The summed E-state index contributed by atoms with van der Waals surface area (Å²) in [5, 5.41) is 6.99. The lowest BCUT2D eigenvalue weighted by Gasteiger charge is -2.16. The number of allylic oxidation sites excluding steroid dienone is 1. The van der Waals surface area contributed by atoms with E-state index in [-0.39, 0.29) is 5.92 Å². The molecule has 0 aromatic heterocycles. The zero-order valence-electron chi connectivity index (χ0n) is 14.0. The average Bonchev–Trinajstić information content (AvgIpc) is 3.13. The first-order valence-electron chi connectivity index (χ1n) is 8.59. The molecule has 2 heteroatoms. The van der Waals surface area contributed by atoms with Crippen molar-refractivity contribution in [3.05, 3.63) is 108 Å². The first kappa shape index (κ1) is 15.4. The number of hydrogen-bond acceptors (Lipinski definition) is 2. The average molecular weight is 324 g/mol. The number of rotatable bonds is 4. The van der Waals surface area contributed by atoms with Crippen LogP contribution in [-0.2, 0) is 0 Å². The van der Waals surface area contributed by atoms with Crippen LogP contribution in [0.5, 0.6) is 0 Å². The number of hydrogen-bond donors (Lipinski definition) is 0.